The first-order chi connectivity index (χ1) is 7.72. The van der Waals surface area contributed by atoms with Crippen LogP contribution in [0.1, 0.15) is 37.3 Å². The van der Waals surface area contributed by atoms with Crippen molar-refractivity contribution >= 4 is 0 Å². The lowest BCUT2D eigenvalue weighted by atomic mass is 9.86. The molecule has 0 aromatic heterocycles. The molecular formula is C14H21NO. The number of hydrogen-bond acceptors (Lipinski definition) is 2. The summed E-state index contributed by atoms with van der Waals surface area (Å²) in [7, 11) is 2.01. The predicted molar refractivity (Wildman–Crippen MR) is 66.7 cm³/mol. The summed E-state index contributed by atoms with van der Waals surface area (Å²) in [5, 5.41) is 3.37. The largest absolute Gasteiger partial charge is 0.377 e. The van der Waals surface area contributed by atoms with Crippen molar-refractivity contribution in [2.24, 2.45) is 0 Å². The van der Waals surface area contributed by atoms with Crippen LogP contribution in [0.3, 0.4) is 0 Å². The molecule has 0 saturated carbocycles. The normalized spacial score (nSPS) is 20.2. The number of nitrogens with one attached hydrogen (secondary N) is 1. The Hall–Kier alpha value is -0.860. The Balaban J connectivity index is 2.18. The SMILES string of the molecule is CCC(C)c1ccc(C2(NC)COC2)cc1. The first kappa shape index (κ1) is 11.6. The van der Waals surface area contributed by atoms with Gasteiger partial charge in [-0.05, 0) is 30.5 Å². The highest BCUT2D eigenvalue weighted by Crippen LogP contribution is 2.30. The van der Waals surface area contributed by atoms with Gasteiger partial charge in [0.2, 0.25) is 0 Å². The molecule has 0 radical (unpaired) electrons. The van der Waals surface area contributed by atoms with Gasteiger partial charge in [-0.1, -0.05) is 38.1 Å². The fourth-order valence-electron chi connectivity index (χ4n) is 2.13. The van der Waals surface area contributed by atoms with Gasteiger partial charge in [-0.2, -0.15) is 0 Å². The lowest BCUT2D eigenvalue weighted by Gasteiger charge is -2.41. The van der Waals surface area contributed by atoms with E-state index in [1.165, 1.54) is 17.5 Å². The van der Waals surface area contributed by atoms with E-state index in [2.05, 4.69) is 43.4 Å². The predicted octanol–water partition coefficient (Wildman–Crippen LogP) is 2.65. The van der Waals surface area contributed by atoms with E-state index in [1.54, 1.807) is 0 Å². The second-order valence-electron chi connectivity index (χ2n) is 4.76. The fourth-order valence-corrected chi connectivity index (χ4v) is 2.13. The zero-order valence-electron chi connectivity index (χ0n) is 10.4. The van der Waals surface area contributed by atoms with E-state index in [9.17, 15) is 0 Å². The highest BCUT2D eigenvalue weighted by molar-refractivity contribution is 5.31. The van der Waals surface area contributed by atoms with Crippen LogP contribution in [0.4, 0.5) is 0 Å². The van der Waals surface area contributed by atoms with E-state index < -0.39 is 0 Å². The molecule has 1 aromatic rings. The Kier molecular flexibility index (Phi) is 3.31. The van der Waals surface area contributed by atoms with Crippen molar-refractivity contribution in [2.45, 2.75) is 31.7 Å². The Morgan fingerprint density at radius 3 is 2.31 bits per heavy atom. The van der Waals surface area contributed by atoms with Gasteiger partial charge in [-0.3, -0.25) is 0 Å². The molecule has 1 saturated heterocycles. The molecule has 1 aliphatic rings. The van der Waals surface area contributed by atoms with Crippen LogP contribution in [0.25, 0.3) is 0 Å². The highest BCUT2D eigenvalue weighted by Gasteiger charge is 2.38. The van der Waals surface area contributed by atoms with Gasteiger partial charge in [0.1, 0.15) is 0 Å². The third-order valence-corrected chi connectivity index (χ3v) is 3.82. The summed E-state index contributed by atoms with van der Waals surface area (Å²) in [6, 6.07) is 8.98. The van der Waals surface area contributed by atoms with E-state index in [4.69, 9.17) is 4.74 Å². The van der Waals surface area contributed by atoms with Crippen molar-refractivity contribution in [2.75, 3.05) is 20.3 Å². The molecule has 88 valence electrons. The molecule has 1 unspecified atom stereocenters. The van der Waals surface area contributed by atoms with Crippen LogP contribution in [0.15, 0.2) is 24.3 Å². The third kappa shape index (κ3) is 1.87. The second-order valence-corrected chi connectivity index (χ2v) is 4.76. The van der Waals surface area contributed by atoms with Crippen molar-refractivity contribution < 1.29 is 4.74 Å². The third-order valence-electron chi connectivity index (χ3n) is 3.82. The average molecular weight is 219 g/mol. The smallest absolute Gasteiger partial charge is 0.0906 e. The van der Waals surface area contributed by atoms with Crippen LogP contribution in [-0.4, -0.2) is 20.3 Å². The van der Waals surface area contributed by atoms with Gasteiger partial charge < -0.3 is 10.1 Å². The summed E-state index contributed by atoms with van der Waals surface area (Å²) in [5.74, 6) is 0.650. The van der Waals surface area contributed by atoms with E-state index in [1.807, 2.05) is 7.05 Å². The monoisotopic (exact) mass is 219 g/mol. The number of hydrogen-bond donors (Lipinski definition) is 1. The van der Waals surface area contributed by atoms with Crippen molar-refractivity contribution in [3.63, 3.8) is 0 Å². The Morgan fingerprint density at radius 2 is 1.94 bits per heavy atom. The van der Waals surface area contributed by atoms with Gasteiger partial charge in [0, 0.05) is 0 Å². The molecule has 1 N–H and O–H groups in total. The van der Waals surface area contributed by atoms with Crippen molar-refractivity contribution in [1.82, 2.24) is 5.32 Å². The van der Waals surface area contributed by atoms with Crippen LogP contribution >= 0.6 is 0 Å². The first-order valence-electron chi connectivity index (χ1n) is 6.09. The maximum atomic E-state index is 5.32. The van der Waals surface area contributed by atoms with E-state index in [0.29, 0.717) is 5.92 Å². The van der Waals surface area contributed by atoms with Gasteiger partial charge in [-0.15, -0.1) is 0 Å². The molecule has 1 heterocycles. The summed E-state index contributed by atoms with van der Waals surface area (Å²) in [6.07, 6.45) is 1.19. The van der Waals surface area contributed by atoms with Crippen LogP contribution < -0.4 is 5.32 Å². The zero-order valence-corrected chi connectivity index (χ0v) is 10.4. The number of ether oxygens (including phenoxy) is 1. The summed E-state index contributed by atoms with van der Waals surface area (Å²) in [6.45, 7) is 6.07. The molecule has 0 spiro atoms. The molecule has 0 amide bonds. The quantitative estimate of drug-likeness (QED) is 0.840. The summed E-state index contributed by atoms with van der Waals surface area (Å²) in [5.41, 5.74) is 2.83. The number of rotatable bonds is 4. The molecule has 2 heteroatoms. The van der Waals surface area contributed by atoms with E-state index in [0.717, 1.165) is 13.2 Å². The number of likely N-dealkylation sites (N-methyl/N-ethyl adjacent to an activating group) is 1. The average Bonchev–Trinajstić information content (AvgIpc) is 2.28. The maximum Gasteiger partial charge on any atom is 0.0906 e. The standard InChI is InChI=1S/C14H21NO/c1-4-11(2)12-5-7-13(8-6-12)14(15-3)9-16-10-14/h5-8,11,15H,4,9-10H2,1-3H3. The van der Waals surface area contributed by atoms with E-state index >= 15 is 0 Å². The van der Waals surface area contributed by atoms with Gasteiger partial charge in [0.15, 0.2) is 0 Å². The maximum absolute atomic E-state index is 5.32. The molecule has 0 bridgehead atoms. The lowest BCUT2D eigenvalue weighted by molar-refractivity contribution is -0.0747. The first-order valence-corrected chi connectivity index (χ1v) is 6.09. The van der Waals surface area contributed by atoms with Gasteiger partial charge in [-0.25, -0.2) is 0 Å². The molecule has 1 aliphatic heterocycles. The second kappa shape index (κ2) is 4.56. The van der Waals surface area contributed by atoms with Crippen LogP contribution in [0, 0.1) is 0 Å². The summed E-state index contributed by atoms with van der Waals surface area (Å²) < 4.78 is 5.32. The minimum atomic E-state index is 0.0635. The van der Waals surface area contributed by atoms with Crippen molar-refractivity contribution in [1.29, 1.82) is 0 Å². The molecule has 1 atom stereocenters. The van der Waals surface area contributed by atoms with Crippen LogP contribution in [-0.2, 0) is 10.3 Å². The topological polar surface area (TPSA) is 21.3 Å². The Labute approximate surface area is 98.0 Å². The van der Waals surface area contributed by atoms with E-state index in [-0.39, 0.29) is 5.54 Å². The molecule has 1 aromatic carbocycles. The molecule has 1 fully saturated rings. The molecule has 16 heavy (non-hydrogen) atoms. The van der Waals surface area contributed by atoms with Gasteiger partial charge >= 0.3 is 0 Å². The molecular weight excluding hydrogens is 198 g/mol. The fraction of sp³-hybridized carbons (Fsp3) is 0.571. The minimum Gasteiger partial charge on any atom is -0.377 e. The molecule has 0 aliphatic carbocycles. The lowest BCUT2D eigenvalue weighted by Crippen LogP contribution is -2.56. The Bertz CT molecular complexity index is 335. The molecule has 2 nitrogen and oxygen atoms in total. The summed E-state index contributed by atoms with van der Waals surface area (Å²) in [4.78, 5) is 0. The van der Waals surface area contributed by atoms with Crippen molar-refractivity contribution in [3.05, 3.63) is 35.4 Å². The summed E-state index contributed by atoms with van der Waals surface area (Å²) >= 11 is 0. The Morgan fingerprint density at radius 1 is 1.31 bits per heavy atom. The van der Waals surface area contributed by atoms with Gasteiger partial charge in [0.25, 0.3) is 0 Å². The van der Waals surface area contributed by atoms with Gasteiger partial charge in [0.05, 0.1) is 18.8 Å². The van der Waals surface area contributed by atoms with Crippen LogP contribution in [0.2, 0.25) is 0 Å². The minimum absolute atomic E-state index is 0.0635. The highest BCUT2D eigenvalue weighted by atomic mass is 16.5. The number of benzene rings is 1. The zero-order chi connectivity index (χ0) is 11.6. The van der Waals surface area contributed by atoms with Crippen LogP contribution in [0.5, 0.6) is 0 Å². The van der Waals surface area contributed by atoms with Crippen molar-refractivity contribution in [3.8, 4) is 0 Å². The molecule has 2 rings (SSSR count).